The van der Waals surface area contributed by atoms with Gasteiger partial charge in [-0.05, 0) is 48.7 Å². The Labute approximate surface area is 201 Å². The summed E-state index contributed by atoms with van der Waals surface area (Å²) in [6, 6.07) is 13.5. The standard InChI is InChI=1S/C28H33NO5/c1-6-16-33-24-14-12-20(17-25(24)32-7-2)13-15-27(31)34-19-21(30)18-26-28(3,4)22-10-8-9-11-23(22)29(26)5/h8-15,17-18H,6-7,16,19H2,1-5H3. The first-order valence-electron chi connectivity index (χ1n) is 11.6. The Morgan fingerprint density at radius 1 is 1.03 bits per heavy atom. The molecule has 0 aliphatic carbocycles. The molecular weight excluding hydrogens is 430 g/mol. The van der Waals surface area contributed by atoms with Gasteiger partial charge < -0.3 is 19.1 Å². The van der Waals surface area contributed by atoms with Crippen molar-refractivity contribution in [3.63, 3.8) is 0 Å². The van der Waals surface area contributed by atoms with Crippen LogP contribution < -0.4 is 14.4 Å². The van der Waals surface area contributed by atoms with E-state index in [0.29, 0.717) is 24.7 Å². The van der Waals surface area contributed by atoms with Gasteiger partial charge >= 0.3 is 5.97 Å². The fraction of sp³-hybridized carbons (Fsp3) is 0.357. The summed E-state index contributed by atoms with van der Waals surface area (Å²) in [5.74, 6) is 0.445. The van der Waals surface area contributed by atoms with E-state index in [1.807, 2.05) is 62.2 Å². The minimum Gasteiger partial charge on any atom is -0.490 e. The molecule has 1 aliphatic rings. The van der Waals surface area contributed by atoms with Crippen molar-refractivity contribution >= 4 is 23.5 Å². The molecule has 0 spiro atoms. The molecule has 0 amide bonds. The summed E-state index contributed by atoms with van der Waals surface area (Å²) in [6.07, 6.45) is 5.40. The molecule has 0 aromatic heterocycles. The van der Waals surface area contributed by atoms with Gasteiger partial charge in [-0.25, -0.2) is 4.79 Å². The Morgan fingerprint density at radius 3 is 2.50 bits per heavy atom. The molecule has 1 heterocycles. The zero-order valence-corrected chi connectivity index (χ0v) is 20.6. The highest BCUT2D eigenvalue weighted by Crippen LogP contribution is 2.46. The lowest BCUT2D eigenvalue weighted by atomic mass is 9.83. The molecule has 0 atom stereocenters. The summed E-state index contributed by atoms with van der Waals surface area (Å²) in [5.41, 5.74) is 3.57. The van der Waals surface area contributed by atoms with E-state index >= 15 is 0 Å². The normalized spacial score (nSPS) is 15.4. The fourth-order valence-electron chi connectivity index (χ4n) is 4.04. The highest BCUT2D eigenvalue weighted by atomic mass is 16.5. The average Bonchev–Trinajstić information content (AvgIpc) is 3.01. The van der Waals surface area contributed by atoms with Gasteiger partial charge in [-0.1, -0.05) is 45.0 Å². The molecule has 0 bridgehead atoms. The highest BCUT2D eigenvalue weighted by Gasteiger charge is 2.38. The van der Waals surface area contributed by atoms with Crippen LogP contribution in [0.25, 0.3) is 6.08 Å². The number of allylic oxidation sites excluding steroid dienone is 1. The number of esters is 1. The van der Waals surface area contributed by atoms with Crippen molar-refractivity contribution in [1.82, 2.24) is 0 Å². The predicted octanol–water partition coefficient (Wildman–Crippen LogP) is 5.31. The summed E-state index contributed by atoms with van der Waals surface area (Å²) in [5, 5.41) is 0. The van der Waals surface area contributed by atoms with Gasteiger partial charge in [-0.2, -0.15) is 0 Å². The number of benzene rings is 2. The third-order valence-corrected chi connectivity index (χ3v) is 5.74. The van der Waals surface area contributed by atoms with Crippen LogP contribution in [0.2, 0.25) is 0 Å². The van der Waals surface area contributed by atoms with E-state index in [4.69, 9.17) is 14.2 Å². The molecule has 3 rings (SSSR count). The Bertz CT molecular complexity index is 1100. The second-order valence-electron chi connectivity index (χ2n) is 8.63. The minimum absolute atomic E-state index is 0.263. The number of hydrogen-bond donors (Lipinski definition) is 0. The number of ether oxygens (including phenoxy) is 3. The van der Waals surface area contributed by atoms with Crippen molar-refractivity contribution in [2.24, 2.45) is 0 Å². The molecule has 0 saturated heterocycles. The molecule has 2 aromatic carbocycles. The van der Waals surface area contributed by atoms with Crippen molar-refractivity contribution < 1.29 is 23.8 Å². The van der Waals surface area contributed by atoms with Gasteiger partial charge in [0, 0.05) is 36.0 Å². The lowest BCUT2D eigenvalue weighted by Crippen LogP contribution is -2.25. The van der Waals surface area contributed by atoms with Gasteiger partial charge in [0.2, 0.25) is 0 Å². The van der Waals surface area contributed by atoms with Crippen LogP contribution in [0.5, 0.6) is 11.5 Å². The minimum atomic E-state index is -0.585. The van der Waals surface area contributed by atoms with E-state index in [9.17, 15) is 9.59 Å². The van der Waals surface area contributed by atoms with Crippen LogP contribution in [0.15, 0.2) is 60.3 Å². The number of nitrogens with zero attached hydrogens (tertiary/aromatic N) is 1. The number of hydrogen-bond acceptors (Lipinski definition) is 6. The zero-order chi connectivity index (χ0) is 24.7. The van der Waals surface area contributed by atoms with Crippen LogP contribution in [0, 0.1) is 0 Å². The number of para-hydroxylation sites is 1. The van der Waals surface area contributed by atoms with Gasteiger partial charge in [-0.15, -0.1) is 0 Å². The molecule has 34 heavy (non-hydrogen) atoms. The summed E-state index contributed by atoms with van der Waals surface area (Å²) >= 11 is 0. The largest absolute Gasteiger partial charge is 0.490 e. The summed E-state index contributed by atoms with van der Waals surface area (Å²) in [7, 11) is 1.94. The van der Waals surface area contributed by atoms with Crippen molar-refractivity contribution in [3.8, 4) is 11.5 Å². The van der Waals surface area contributed by atoms with E-state index in [0.717, 1.165) is 28.9 Å². The maximum absolute atomic E-state index is 12.6. The van der Waals surface area contributed by atoms with Gasteiger partial charge in [0.15, 0.2) is 23.9 Å². The maximum Gasteiger partial charge on any atom is 0.331 e. The number of carbonyl (C=O) groups excluding carboxylic acids is 2. The Hall–Kier alpha value is -3.54. The molecular formula is C28H33NO5. The molecule has 0 N–H and O–H groups in total. The van der Waals surface area contributed by atoms with Crippen LogP contribution in [-0.4, -0.2) is 38.6 Å². The number of ketones is 1. The fourth-order valence-corrected chi connectivity index (χ4v) is 4.04. The van der Waals surface area contributed by atoms with E-state index < -0.39 is 5.97 Å². The highest BCUT2D eigenvalue weighted by molar-refractivity contribution is 5.96. The van der Waals surface area contributed by atoms with Crippen LogP contribution >= 0.6 is 0 Å². The third kappa shape index (κ3) is 5.68. The predicted molar refractivity (Wildman–Crippen MR) is 134 cm³/mol. The number of likely N-dealkylation sites (N-methyl/N-ethyl adjacent to an activating group) is 1. The first-order chi connectivity index (χ1) is 16.3. The van der Waals surface area contributed by atoms with E-state index in [1.165, 1.54) is 6.08 Å². The second kappa shape index (κ2) is 11.1. The molecule has 0 radical (unpaired) electrons. The topological polar surface area (TPSA) is 65.1 Å². The molecule has 1 aliphatic heterocycles. The Kier molecular flexibility index (Phi) is 8.16. The Balaban J connectivity index is 1.61. The lowest BCUT2D eigenvalue weighted by Gasteiger charge is -2.23. The van der Waals surface area contributed by atoms with E-state index in [-0.39, 0.29) is 17.8 Å². The van der Waals surface area contributed by atoms with Gasteiger partial charge in [0.25, 0.3) is 0 Å². The van der Waals surface area contributed by atoms with Gasteiger partial charge in [0.05, 0.1) is 13.2 Å². The van der Waals surface area contributed by atoms with Gasteiger partial charge in [0.1, 0.15) is 0 Å². The van der Waals surface area contributed by atoms with Crippen molar-refractivity contribution in [2.45, 2.75) is 39.5 Å². The summed E-state index contributed by atoms with van der Waals surface area (Å²) in [6.45, 7) is 8.89. The van der Waals surface area contributed by atoms with Crippen LogP contribution in [0.4, 0.5) is 5.69 Å². The van der Waals surface area contributed by atoms with E-state index in [2.05, 4.69) is 19.9 Å². The number of carbonyl (C=O) groups is 2. The first kappa shape index (κ1) is 25.1. The molecule has 2 aromatic rings. The zero-order valence-electron chi connectivity index (χ0n) is 20.6. The van der Waals surface area contributed by atoms with Crippen LogP contribution in [-0.2, 0) is 19.7 Å². The molecule has 180 valence electrons. The smallest absolute Gasteiger partial charge is 0.331 e. The molecule has 6 nitrogen and oxygen atoms in total. The third-order valence-electron chi connectivity index (χ3n) is 5.74. The molecule has 0 fully saturated rings. The Morgan fingerprint density at radius 2 is 1.79 bits per heavy atom. The monoisotopic (exact) mass is 463 g/mol. The first-order valence-corrected chi connectivity index (χ1v) is 11.6. The quantitative estimate of drug-likeness (QED) is 0.351. The lowest BCUT2D eigenvalue weighted by molar-refractivity contribution is -0.141. The van der Waals surface area contributed by atoms with Crippen molar-refractivity contribution in [1.29, 1.82) is 0 Å². The summed E-state index contributed by atoms with van der Waals surface area (Å²) < 4.78 is 16.5. The number of rotatable bonds is 10. The van der Waals surface area contributed by atoms with E-state index in [1.54, 1.807) is 12.2 Å². The molecule has 0 unspecified atom stereocenters. The van der Waals surface area contributed by atoms with Crippen LogP contribution in [0.1, 0.15) is 45.2 Å². The summed E-state index contributed by atoms with van der Waals surface area (Å²) in [4.78, 5) is 26.8. The molecule has 0 saturated carbocycles. The van der Waals surface area contributed by atoms with Gasteiger partial charge in [-0.3, -0.25) is 4.79 Å². The van der Waals surface area contributed by atoms with Crippen molar-refractivity contribution in [2.75, 3.05) is 31.8 Å². The number of anilines is 1. The number of fused-ring (bicyclic) bond motifs is 1. The van der Waals surface area contributed by atoms with Crippen LogP contribution in [0.3, 0.4) is 0 Å². The average molecular weight is 464 g/mol. The second-order valence-corrected chi connectivity index (χ2v) is 8.63. The maximum atomic E-state index is 12.6. The SMILES string of the molecule is CCCOc1ccc(C=CC(=O)OCC(=O)C=C2N(C)c3ccccc3C2(C)C)cc1OCC. The van der Waals surface area contributed by atoms with Crippen molar-refractivity contribution in [3.05, 3.63) is 71.4 Å². The molecule has 6 heteroatoms.